The molecular weight excluding hydrogens is 264 g/mol. The van der Waals surface area contributed by atoms with Crippen LogP contribution in [0.4, 0.5) is 0 Å². The molecule has 5 heteroatoms. The second kappa shape index (κ2) is 7.81. The van der Waals surface area contributed by atoms with Gasteiger partial charge in [-0.1, -0.05) is 6.07 Å². The van der Waals surface area contributed by atoms with Crippen LogP contribution in [0.15, 0.2) is 17.5 Å². The molecular formula is C13H22N2OS2. The zero-order valence-electron chi connectivity index (χ0n) is 11.3. The fraction of sp³-hybridized carbons (Fsp3) is 0.615. The fourth-order valence-corrected chi connectivity index (χ4v) is 3.02. The molecule has 18 heavy (non-hydrogen) atoms. The van der Waals surface area contributed by atoms with Gasteiger partial charge in [-0.2, -0.15) is 11.8 Å². The van der Waals surface area contributed by atoms with Crippen molar-refractivity contribution in [3.63, 3.8) is 0 Å². The van der Waals surface area contributed by atoms with Gasteiger partial charge in [-0.25, -0.2) is 0 Å². The molecule has 0 saturated heterocycles. The third-order valence-electron chi connectivity index (χ3n) is 3.04. The predicted octanol–water partition coefficient (Wildman–Crippen LogP) is 2.22. The highest BCUT2D eigenvalue weighted by atomic mass is 32.2. The fourth-order valence-electron chi connectivity index (χ4n) is 1.70. The maximum absolute atomic E-state index is 12.1. The molecule has 1 heterocycles. The van der Waals surface area contributed by atoms with E-state index in [1.807, 2.05) is 19.4 Å². The molecule has 2 N–H and O–H groups in total. The van der Waals surface area contributed by atoms with Gasteiger partial charge in [-0.3, -0.25) is 4.79 Å². The molecule has 102 valence electrons. The van der Waals surface area contributed by atoms with E-state index in [-0.39, 0.29) is 18.0 Å². The summed E-state index contributed by atoms with van der Waals surface area (Å²) in [4.78, 5) is 15.2. The van der Waals surface area contributed by atoms with E-state index in [1.165, 1.54) is 4.88 Å². The van der Waals surface area contributed by atoms with E-state index in [0.717, 1.165) is 18.6 Å². The Kier molecular flexibility index (Phi) is 6.75. The molecule has 0 bridgehead atoms. The second-order valence-electron chi connectivity index (χ2n) is 4.47. The Labute approximate surface area is 118 Å². The zero-order chi connectivity index (χ0) is 13.5. The Balaban J connectivity index is 2.46. The van der Waals surface area contributed by atoms with Crippen LogP contribution in [-0.4, -0.2) is 41.9 Å². The van der Waals surface area contributed by atoms with Crippen LogP contribution in [0.1, 0.15) is 18.2 Å². The van der Waals surface area contributed by atoms with Gasteiger partial charge in [0.15, 0.2) is 0 Å². The molecule has 0 saturated carbocycles. The van der Waals surface area contributed by atoms with Crippen molar-refractivity contribution >= 4 is 29.0 Å². The number of thioether (sulfide) groups is 1. The number of thiophene rings is 1. The van der Waals surface area contributed by atoms with Gasteiger partial charge < -0.3 is 10.6 Å². The maximum atomic E-state index is 12.1. The number of rotatable bonds is 7. The molecule has 0 aromatic carbocycles. The molecule has 1 amide bonds. The minimum atomic E-state index is -0.367. The molecule has 3 nitrogen and oxygen atoms in total. The largest absolute Gasteiger partial charge is 0.341 e. The Hall–Kier alpha value is -0.520. The molecule has 2 atom stereocenters. The van der Waals surface area contributed by atoms with E-state index in [1.54, 1.807) is 28.0 Å². The first kappa shape index (κ1) is 15.5. The smallest absolute Gasteiger partial charge is 0.239 e. The zero-order valence-corrected chi connectivity index (χ0v) is 12.9. The van der Waals surface area contributed by atoms with Gasteiger partial charge in [0.1, 0.15) is 0 Å². The Morgan fingerprint density at radius 3 is 2.89 bits per heavy atom. The summed E-state index contributed by atoms with van der Waals surface area (Å²) < 4.78 is 0. The van der Waals surface area contributed by atoms with E-state index in [4.69, 9.17) is 5.73 Å². The number of nitrogens with two attached hydrogens (primary N) is 1. The van der Waals surface area contributed by atoms with Crippen LogP contribution in [0.2, 0.25) is 0 Å². The molecule has 1 aromatic rings. The lowest BCUT2D eigenvalue weighted by Crippen LogP contribution is -2.46. The van der Waals surface area contributed by atoms with Crippen molar-refractivity contribution in [1.29, 1.82) is 0 Å². The number of carbonyl (C=O) groups excluding carboxylic acids is 1. The molecule has 0 spiro atoms. The summed E-state index contributed by atoms with van der Waals surface area (Å²) in [6.45, 7) is 2.07. The standard InChI is InChI=1S/C13H22N2OS2/c1-10(9-11-5-4-7-18-11)15(2)13(16)12(14)6-8-17-3/h4-5,7,10,12H,6,8-9,14H2,1-3H3/t10?,12-/m1/s1. The highest BCUT2D eigenvalue weighted by Gasteiger charge is 2.21. The van der Waals surface area contributed by atoms with Crippen molar-refractivity contribution in [3.8, 4) is 0 Å². The van der Waals surface area contributed by atoms with Crippen molar-refractivity contribution < 1.29 is 4.79 Å². The Bertz CT molecular complexity index is 354. The van der Waals surface area contributed by atoms with Crippen LogP contribution >= 0.6 is 23.1 Å². The number of carbonyl (C=O) groups is 1. The minimum absolute atomic E-state index is 0.0492. The lowest BCUT2D eigenvalue weighted by Gasteiger charge is -2.27. The molecule has 0 aliphatic rings. The minimum Gasteiger partial charge on any atom is -0.341 e. The van der Waals surface area contributed by atoms with Crippen molar-refractivity contribution in [2.24, 2.45) is 5.73 Å². The van der Waals surface area contributed by atoms with E-state index < -0.39 is 0 Å². The molecule has 0 fully saturated rings. The van der Waals surface area contributed by atoms with Crippen molar-refractivity contribution in [2.45, 2.75) is 31.8 Å². The SMILES string of the molecule is CSCC[C@@H](N)C(=O)N(C)C(C)Cc1cccs1. The van der Waals surface area contributed by atoms with Gasteiger partial charge in [0.25, 0.3) is 0 Å². The normalized spacial score (nSPS) is 14.2. The van der Waals surface area contributed by atoms with Crippen LogP contribution in [-0.2, 0) is 11.2 Å². The van der Waals surface area contributed by atoms with Crippen LogP contribution in [0.3, 0.4) is 0 Å². The quantitative estimate of drug-likeness (QED) is 0.836. The first-order valence-corrected chi connectivity index (χ1v) is 8.37. The van der Waals surface area contributed by atoms with Crippen molar-refractivity contribution in [1.82, 2.24) is 4.90 Å². The van der Waals surface area contributed by atoms with Gasteiger partial charge in [-0.15, -0.1) is 11.3 Å². The highest BCUT2D eigenvalue weighted by molar-refractivity contribution is 7.98. The van der Waals surface area contributed by atoms with Crippen LogP contribution < -0.4 is 5.73 Å². The van der Waals surface area contributed by atoms with Crippen molar-refractivity contribution in [2.75, 3.05) is 19.1 Å². The predicted molar refractivity (Wildman–Crippen MR) is 81.2 cm³/mol. The summed E-state index contributed by atoms with van der Waals surface area (Å²) in [6, 6.07) is 3.97. The van der Waals surface area contributed by atoms with Crippen LogP contribution in [0.25, 0.3) is 0 Å². The third kappa shape index (κ3) is 4.63. The summed E-state index contributed by atoms with van der Waals surface area (Å²) in [5.74, 6) is 0.980. The summed E-state index contributed by atoms with van der Waals surface area (Å²) >= 11 is 3.45. The maximum Gasteiger partial charge on any atom is 0.239 e. The first-order valence-electron chi connectivity index (χ1n) is 6.09. The molecule has 0 radical (unpaired) electrons. The molecule has 1 rings (SSSR count). The summed E-state index contributed by atoms with van der Waals surface area (Å²) in [6.07, 6.45) is 3.67. The first-order chi connectivity index (χ1) is 8.56. The van der Waals surface area contributed by atoms with E-state index in [2.05, 4.69) is 18.4 Å². The molecule has 1 unspecified atom stereocenters. The van der Waals surface area contributed by atoms with Gasteiger partial charge >= 0.3 is 0 Å². The van der Waals surface area contributed by atoms with Gasteiger partial charge in [0.2, 0.25) is 5.91 Å². The molecule has 1 aromatic heterocycles. The lowest BCUT2D eigenvalue weighted by atomic mass is 10.1. The van der Waals surface area contributed by atoms with Gasteiger partial charge in [-0.05, 0) is 36.8 Å². The Morgan fingerprint density at radius 1 is 1.61 bits per heavy atom. The average Bonchev–Trinajstić information content (AvgIpc) is 2.86. The van der Waals surface area contributed by atoms with Crippen LogP contribution in [0.5, 0.6) is 0 Å². The Morgan fingerprint density at radius 2 is 2.33 bits per heavy atom. The van der Waals surface area contributed by atoms with Gasteiger partial charge in [0.05, 0.1) is 6.04 Å². The molecule has 0 aliphatic heterocycles. The highest BCUT2D eigenvalue weighted by Crippen LogP contribution is 2.14. The van der Waals surface area contributed by atoms with E-state index in [0.29, 0.717) is 0 Å². The number of likely N-dealkylation sites (N-methyl/N-ethyl adjacent to an activating group) is 1. The van der Waals surface area contributed by atoms with Crippen molar-refractivity contribution in [3.05, 3.63) is 22.4 Å². The van der Waals surface area contributed by atoms with Crippen LogP contribution in [0, 0.1) is 0 Å². The van der Waals surface area contributed by atoms with E-state index >= 15 is 0 Å². The summed E-state index contributed by atoms with van der Waals surface area (Å²) in [5, 5.41) is 2.06. The van der Waals surface area contributed by atoms with Gasteiger partial charge in [0, 0.05) is 24.4 Å². The lowest BCUT2D eigenvalue weighted by molar-refractivity contribution is -0.133. The monoisotopic (exact) mass is 286 g/mol. The number of amides is 1. The number of hydrogen-bond donors (Lipinski definition) is 1. The second-order valence-corrected chi connectivity index (χ2v) is 6.49. The summed E-state index contributed by atoms with van der Waals surface area (Å²) in [7, 11) is 1.85. The average molecular weight is 286 g/mol. The molecule has 0 aliphatic carbocycles. The number of nitrogens with zero attached hydrogens (tertiary/aromatic N) is 1. The topological polar surface area (TPSA) is 46.3 Å². The summed E-state index contributed by atoms with van der Waals surface area (Å²) in [5.41, 5.74) is 5.91. The van der Waals surface area contributed by atoms with E-state index in [9.17, 15) is 4.79 Å². The third-order valence-corrected chi connectivity index (χ3v) is 4.58. The number of hydrogen-bond acceptors (Lipinski definition) is 4.